The van der Waals surface area contributed by atoms with Crippen molar-refractivity contribution in [2.45, 2.75) is 36.3 Å². The number of β-lactam (4-membered cyclic amide) rings is 1. The Kier molecular flexibility index (Phi) is 5.41. The van der Waals surface area contributed by atoms with Crippen LogP contribution in [0.25, 0.3) is 10.8 Å². The highest BCUT2D eigenvalue weighted by Gasteiger charge is 2.56. The molecule has 2 aromatic carbocycles. The molecular formula is C25H24N4O6S2. The summed E-state index contributed by atoms with van der Waals surface area (Å²) < 4.78 is 32.5. The first-order chi connectivity index (χ1) is 17.6. The van der Waals surface area contributed by atoms with Crippen LogP contribution < -0.4 is 14.0 Å². The topological polar surface area (TPSA) is 127 Å². The van der Waals surface area contributed by atoms with Crippen molar-refractivity contribution in [3.05, 3.63) is 65.2 Å². The summed E-state index contributed by atoms with van der Waals surface area (Å²) in [6, 6.07) is 8.86. The van der Waals surface area contributed by atoms with Crippen LogP contribution in [-0.2, 0) is 39.6 Å². The summed E-state index contributed by atoms with van der Waals surface area (Å²) in [5, 5.41) is 22.8. The SMILES string of the molecule is CC(O)C1C(=O)N2C(C(=O)[O-])=C(CN3c4cccc5c(CCn6cc[n+](C)c6)ccc(c45)S3(=O)=O)SC12. The number of carbonyl (C=O) groups excluding carboxylic acids is 2. The Hall–Kier alpha value is -3.35. The van der Waals surface area contributed by atoms with E-state index in [0.717, 1.165) is 34.2 Å². The molecule has 1 aromatic heterocycles. The Morgan fingerprint density at radius 3 is 2.73 bits per heavy atom. The van der Waals surface area contributed by atoms with Crippen molar-refractivity contribution >= 4 is 50.1 Å². The summed E-state index contributed by atoms with van der Waals surface area (Å²) in [7, 11) is -2.02. The van der Waals surface area contributed by atoms with Gasteiger partial charge < -0.3 is 15.0 Å². The molecular weight excluding hydrogens is 516 g/mol. The molecule has 6 rings (SSSR count). The maximum absolute atomic E-state index is 13.6. The lowest BCUT2D eigenvalue weighted by molar-refractivity contribution is -0.671. The van der Waals surface area contributed by atoms with Gasteiger partial charge in [0.25, 0.3) is 10.0 Å². The number of aliphatic hydroxyl groups is 1. The van der Waals surface area contributed by atoms with Gasteiger partial charge in [0.05, 0.1) is 54.4 Å². The van der Waals surface area contributed by atoms with E-state index in [4.69, 9.17) is 0 Å². The number of sulfonamides is 1. The molecule has 3 aromatic rings. The number of aromatic nitrogens is 2. The minimum atomic E-state index is -3.96. The number of benzene rings is 2. The Morgan fingerprint density at radius 1 is 1.27 bits per heavy atom. The smallest absolute Gasteiger partial charge is 0.265 e. The third-order valence-electron chi connectivity index (χ3n) is 7.22. The summed E-state index contributed by atoms with van der Waals surface area (Å²) in [6.45, 7) is 1.96. The molecule has 3 atom stereocenters. The van der Waals surface area contributed by atoms with Crippen molar-refractivity contribution in [1.29, 1.82) is 0 Å². The van der Waals surface area contributed by atoms with Gasteiger partial charge >= 0.3 is 0 Å². The predicted molar refractivity (Wildman–Crippen MR) is 133 cm³/mol. The normalized spacial score (nSPS) is 22.5. The zero-order valence-corrected chi connectivity index (χ0v) is 21.7. The Morgan fingerprint density at radius 2 is 2.05 bits per heavy atom. The summed E-state index contributed by atoms with van der Waals surface area (Å²) in [5.41, 5.74) is 1.16. The van der Waals surface area contributed by atoms with E-state index in [-0.39, 0.29) is 22.0 Å². The number of carboxylic acids is 1. The number of hydrogen-bond donors (Lipinski definition) is 1. The average molecular weight is 541 g/mol. The summed E-state index contributed by atoms with van der Waals surface area (Å²) in [6.07, 6.45) is 5.65. The number of anilines is 1. The molecule has 192 valence electrons. The fourth-order valence-electron chi connectivity index (χ4n) is 5.44. The fourth-order valence-corrected chi connectivity index (χ4v) is 8.78. The number of amides is 1. The molecule has 1 saturated heterocycles. The van der Waals surface area contributed by atoms with Crippen LogP contribution in [0, 0.1) is 5.92 Å². The van der Waals surface area contributed by atoms with Crippen molar-refractivity contribution in [3.8, 4) is 0 Å². The fraction of sp³-hybridized carbons (Fsp3) is 0.320. The highest BCUT2D eigenvalue weighted by Crippen LogP contribution is 2.52. The van der Waals surface area contributed by atoms with Gasteiger partial charge in [0.1, 0.15) is 17.8 Å². The van der Waals surface area contributed by atoms with Crippen LogP contribution in [0.5, 0.6) is 0 Å². The van der Waals surface area contributed by atoms with E-state index in [1.54, 1.807) is 18.2 Å². The van der Waals surface area contributed by atoms with Crippen molar-refractivity contribution in [2.24, 2.45) is 13.0 Å². The average Bonchev–Trinajstić information content (AvgIpc) is 3.46. The van der Waals surface area contributed by atoms with Gasteiger partial charge in [0.15, 0.2) is 0 Å². The number of aryl methyl sites for hydroxylation is 3. The van der Waals surface area contributed by atoms with Gasteiger partial charge in [-0.15, -0.1) is 0 Å². The molecule has 37 heavy (non-hydrogen) atoms. The van der Waals surface area contributed by atoms with Crippen molar-refractivity contribution in [1.82, 2.24) is 9.47 Å². The van der Waals surface area contributed by atoms with Gasteiger partial charge in [-0.25, -0.2) is 17.6 Å². The third kappa shape index (κ3) is 3.50. The van der Waals surface area contributed by atoms with E-state index >= 15 is 0 Å². The molecule has 3 unspecified atom stereocenters. The van der Waals surface area contributed by atoms with Crippen LogP contribution in [0.2, 0.25) is 0 Å². The van der Waals surface area contributed by atoms with Crippen LogP contribution >= 0.6 is 11.8 Å². The number of fused-ring (bicyclic) bond motifs is 1. The monoisotopic (exact) mass is 540 g/mol. The van der Waals surface area contributed by atoms with Gasteiger partial charge in [0, 0.05) is 16.7 Å². The molecule has 0 bridgehead atoms. The predicted octanol–water partition coefficient (Wildman–Crippen LogP) is 0.0908. The number of thioether (sulfide) groups is 1. The zero-order valence-electron chi connectivity index (χ0n) is 20.1. The highest BCUT2D eigenvalue weighted by molar-refractivity contribution is 8.04. The molecule has 0 saturated carbocycles. The minimum Gasteiger partial charge on any atom is -0.543 e. The molecule has 10 nitrogen and oxygen atoms in total. The molecule has 12 heteroatoms. The first-order valence-electron chi connectivity index (χ1n) is 11.8. The molecule has 1 amide bonds. The van der Waals surface area contributed by atoms with E-state index in [0.29, 0.717) is 17.5 Å². The molecule has 0 spiro atoms. The lowest BCUT2D eigenvalue weighted by Gasteiger charge is -2.44. The summed E-state index contributed by atoms with van der Waals surface area (Å²) >= 11 is 1.10. The molecule has 0 aliphatic carbocycles. The Bertz CT molecular complexity index is 1630. The standard InChI is InChI=1S/C25H24N4O6S2/c1-14(30)20-23(31)29-22(25(32)33)18(36-24(20)29)12-28-17-5-3-4-16-15(8-9-27-11-10-26(2)13-27)6-7-19(21(16)17)37(28,34)35/h3-7,10-11,13-14,20,24,30H,8-9,12H2,1-2H3. The van der Waals surface area contributed by atoms with Crippen LogP contribution in [0.3, 0.4) is 0 Å². The first kappa shape index (κ1) is 24.0. The number of rotatable bonds is 7. The highest BCUT2D eigenvalue weighted by atomic mass is 32.2. The Labute approximate surface area is 217 Å². The number of aliphatic hydroxyl groups excluding tert-OH is 1. The summed E-state index contributed by atoms with van der Waals surface area (Å²) in [5.74, 6) is -2.80. The molecule has 1 fully saturated rings. The van der Waals surface area contributed by atoms with E-state index in [9.17, 15) is 28.2 Å². The van der Waals surface area contributed by atoms with Gasteiger partial charge in [0.2, 0.25) is 12.2 Å². The first-order valence-corrected chi connectivity index (χ1v) is 14.1. The second-order valence-electron chi connectivity index (χ2n) is 9.54. The number of carbonyl (C=O) groups is 2. The lowest BCUT2D eigenvalue weighted by Crippen LogP contribution is -2.61. The van der Waals surface area contributed by atoms with Gasteiger partial charge in [-0.1, -0.05) is 30.0 Å². The van der Waals surface area contributed by atoms with Gasteiger partial charge in [-0.2, -0.15) is 0 Å². The lowest BCUT2D eigenvalue weighted by atomic mass is 9.92. The van der Waals surface area contributed by atoms with E-state index < -0.39 is 39.3 Å². The maximum atomic E-state index is 13.6. The minimum absolute atomic E-state index is 0.175. The second kappa shape index (κ2) is 8.33. The zero-order chi connectivity index (χ0) is 26.2. The molecule has 3 aliphatic heterocycles. The molecule has 4 heterocycles. The molecule has 3 aliphatic rings. The number of nitrogens with zero attached hydrogens (tertiary/aromatic N) is 4. The largest absolute Gasteiger partial charge is 0.543 e. The van der Waals surface area contributed by atoms with Gasteiger partial charge in [-0.05, 0) is 30.0 Å². The number of hydrogen-bond acceptors (Lipinski definition) is 7. The van der Waals surface area contributed by atoms with E-state index in [1.807, 2.05) is 42.5 Å². The van der Waals surface area contributed by atoms with Crippen molar-refractivity contribution < 1.29 is 32.8 Å². The molecule has 0 radical (unpaired) electrons. The third-order valence-corrected chi connectivity index (χ3v) is 10.4. The van der Waals surface area contributed by atoms with Gasteiger partial charge in [-0.3, -0.25) is 14.0 Å². The van der Waals surface area contributed by atoms with Crippen molar-refractivity contribution in [3.63, 3.8) is 0 Å². The Balaban J connectivity index is 1.37. The van der Waals surface area contributed by atoms with Crippen molar-refractivity contribution in [2.75, 3.05) is 10.8 Å². The maximum Gasteiger partial charge on any atom is 0.265 e. The summed E-state index contributed by atoms with van der Waals surface area (Å²) in [4.78, 5) is 26.0. The van der Waals surface area contributed by atoms with E-state index in [2.05, 4.69) is 4.57 Å². The second-order valence-corrected chi connectivity index (χ2v) is 12.6. The number of aliphatic carboxylic acids is 1. The number of carboxylic acid groups (broad SMARTS) is 1. The number of imidazole rings is 1. The van der Waals surface area contributed by atoms with Crippen LogP contribution in [0.15, 0.2) is 64.6 Å². The van der Waals surface area contributed by atoms with Crippen LogP contribution in [-0.4, -0.2) is 52.9 Å². The van der Waals surface area contributed by atoms with E-state index in [1.165, 1.54) is 11.2 Å². The quantitative estimate of drug-likeness (QED) is 0.332. The molecule has 1 N–H and O–H groups in total. The van der Waals surface area contributed by atoms with Crippen LogP contribution in [0.1, 0.15) is 12.5 Å². The van der Waals surface area contributed by atoms with Crippen LogP contribution in [0.4, 0.5) is 5.69 Å².